The van der Waals surface area contributed by atoms with Crippen LogP contribution in [-0.4, -0.2) is 43.0 Å². The van der Waals surface area contributed by atoms with Crippen LogP contribution in [0.3, 0.4) is 0 Å². The second kappa shape index (κ2) is 6.08. The fraction of sp³-hybridized carbons (Fsp3) is 0.909. The Kier molecular flexibility index (Phi) is 5.05. The molecule has 1 aliphatic heterocycles. The highest BCUT2D eigenvalue weighted by Crippen LogP contribution is 2.10. The van der Waals surface area contributed by atoms with Gasteiger partial charge in [-0.05, 0) is 32.9 Å². The zero-order chi connectivity index (χ0) is 11.3. The van der Waals surface area contributed by atoms with Gasteiger partial charge in [-0.15, -0.1) is 0 Å². The molecule has 0 bridgehead atoms. The molecule has 15 heavy (non-hydrogen) atoms. The third kappa shape index (κ3) is 4.18. The predicted molar refractivity (Wildman–Crippen MR) is 61.5 cm³/mol. The molecule has 1 heterocycles. The molecule has 0 aromatic carbocycles. The molecule has 4 nitrogen and oxygen atoms in total. The first kappa shape index (κ1) is 12.5. The molecule has 0 aliphatic carbocycles. The van der Waals surface area contributed by atoms with Crippen molar-refractivity contribution in [3.63, 3.8) is 0 Å². The molecule has 0 radical (unpaired) electrons. The van der Waals surface area contributed by atoms with Crippen molar-refractivity contribution in [1.82, 2.24) is 10.2 Å². The minimum absolute atomic E-state index is 0.0734. The van der Waals surface area contributed by atoms with Gasteiger partial charge in [-0.1, -0.05) is 6.92 Å². The zero-order valence-electron chi connectivity index (χ0n) is 9.83. The first-order valence-electron chi connectivity index (χ1n) is 5.85. The summed E-state index contributed by atoms with van der Waals surface area (Å²) in [5.74, 6) is -0.299. The zero-order valence-corrected chi connectivity index (χ0v) is 9.83. The first-order chi connectivity index (χ1) is 7.11. The van der Waals surface area contributed by atoms with Crippen LogP contribution in [0, 0.1) is 5.92 Å². The van der Waals surface area contributed by atoms with Gasteiger partial charge in [0, 0.05) is 25.0 Å². The molecule has 2 unspecified atom stereocenters. The summed E-state index contributed by atoms with van der Waals surface area (Å²) in [6, 6.07) is 0.563. The summed E-state index contributed by atoms with van der Waals surface area (Å²) in [5, 5.41) is 3.30. The average Bonchev–Trinajstić information content (AvgIpc) is 2.70. The molecular weight excluding hydrogens is 190 g/mol. The summed E-state index contributed by atoms with van der Waals surface area (Å²) in [7, 11) is 0. The lowest BCUT2D eigenvalue weighted by atomic mass is 10.1. The molecule has 1 rings (SSSR count). The van der Waals surface area contributed by atoms with Gasteiger partial charge < -0.3 is 11.1 Å². The lowest BCUT2D eigenvalue weighted by Crippen LogP contribution is -2.41. The quantitative estimate of drug-likeness (QED) is 0.662. The number of rotatable bonds is 6. The van der Waals surface area contributed by atoms with E-state index in [1.54, 1.807) is 0 Å². The molecule has 1 fully saturated rings. The predicted octanol–water partition coefficient (Wildman–Crippen LogP) is 0.182. The van der Waals surface area contributed by atoms with Gasteiger partial charge in [0.2, 0.25) is 5.91 Å². The number of amides is 1. The molecule has 0 saturated carbocycles. The van der Waals surface area contributed by atoms with E-state index in [1.165, 1.54) is 25.9 Å². The highest BCUT2D eigenvalue weighted by molar-refractivity contribution is 5.76. The summed E-state index contributed by atoms with van der Waals surface area (Å²) in [6.45, 7) is 8.15. The Bertz CT molecular complexity index is 202. The number of hydrogen-bond acceptors (Lipinski definition) is 3. The van der Waals surface area contributed by atoms with Crippen LogP contribution in [0.5, 0.6) is 0 Å². The molecule has 0 spiro atoms. The van der Waals surface area contributed by atoms with Crippen molar-refractivity contribution in [3.05, 3.63) is 0 Å². The summed E-state index contributed by atoms with van der Waals surface area (Å²) >= 11 is 0. The van der Waals surface area contributed by atoms with Crippen LogP contribution in [-0.2, 0) is 4.79 Å². The van der Waals surface area contributed by atoms with Crippen molar-refractivity contribution < 1.29 is 4.79 Å². The maximum Gasteiger partial charge on any atom is 0.221 e. The van der Waals surface area contributed by atoms with E-state index in [0.717, 1.165) is 6.54 Å². The van der Waals surface area contributed by atoms with Crippen molar-refractivity contribution in [2.75, 3.05) is 26.2 Å². The van der Waals surface area contributed by atoms with Gasteiger partial charge in [-0.2, -0.15) is 0 Å². The van der Waals surface area contributed by atoms with Gasteiger partial charge in [-0.3, -0.25) is 9.69 Å². The Morgan fingerprint density at radius 2 is 1.93 bits per heavy atom. The van der Waals surface area contributed by atoms with E-state index in [4.69, 9.17) is 5.73 Å². The Hall–Kier alpha value is -0.610. The van der Waals surface area contributed by atoms with Crippen molar-refractivity contribution in [2.45, 2.75) is 32.7 Å². The van der Waals surface area contributed by atoms with E-state index in [0.29, 0.717) is 12.6 Å². The van der Waals surface area contributed by atoms with Crippen LogP contribution in [0.1, 0.15) is 26.7 Å². The summed E-state index contributed by atoms with van der Waals surface area (Å²) in [6.07, 6.45) is 2.64. The van der Waals surface area contributed by atoms with Crippen LogP contribution in [0.2, 0.25) is 0 Å². The van der Waals surface area contributed by atoms with Crippen molar-refractivity contribution in [1.29, 1.82) is 0 Å². The lowest BCUT2D eigenvalue weighted by Gasteiger charge is -2.24. The van der Waals surface area contributed by atoms with E-state index in [9.17, 15) is 4.79 Å². The topological polar surface area (TPSA) is 58.4 Å². The van der Waals surface area contributed by atoms with Crippen LogP contribution in [0.25, 0.3) is 0 Å². The molecule has 1 aliphatic rings. The van der Waals surface area contributed by atoms with E-state index >= 15 is 0 Å². The van der Waals surface area contributed by atoms with Crippen molar-refractivity contribution >= 4 is 5.91 Å². The number of likely N-dealkylation sites (tertiary alicyclic amines) is 1. The second-order valence-corrected chi connectivity index (χ2v) is 4.55. The largest absolute Gasteiger partial charge is 0.369 e. The Labute approximate surface area is 92.2 Å². The number of nitrogens with zero attached hydrogens (tertiary/aromatic N) is 1. The van der Waals surface area contributed by atoms with E-state index in [2.05, 4.69) is 17.1 Å². The normalized spacial score (nSPS) is 21.5. The Balaban J connectivity index is 2.11. The molecule has 1 saturated heterocycles. The number of nitrogens with two attached hydrogens (primary N) is 1. The van der Waals surface area contributed by atoms with Crippen LogP contribution < -0.4 is 11.1 Å². The Morgan fingerprint density at radius 1 is 1.33 bits per heavy atom. The third-order valence-corrected chi connectivity index (χ3v) is 3.14. The second-order valence-electron chi connectivity index (χ2n) is 4.55. The Morgan fingerprint density at radius 3 is 2.47 bits per heavy atom. The van der Waals surface area contributed by atoms with Crippen LogP contribution in [0.15, 0.2) is 0 Å². The van der Waals surface area contributed by atoms with Crippen molar-refractivity contribution in [2.24, 2.45) is 11.7 Å². The monoisotopic (exact) mass is 213 g/mol. The van der Waals surface area contributed by atoms with Gasteiger partial charge in [0.1, 0.15) is 0 Å². The van der Waals surface area contributed by atoms with Crippen LogP contribution in [0.4, 0.5) is 0 Å². The molecule has 3 N–H and O–H groups in total. The highest BCUT2D eigenvalue weighted by Gasteiger charge is 2.17. The smallest absolute Gasteiger partial charge is 0.221 e. The maximum absolute atomic E-state index is 10.8. The SMILES string of the molecule is CC(CNCC(C)N1CCCC1)C(N)=O. The number of hydrogen-bond donors (Lipinski definition) is 2. The minimum Gasteiger partial charge on any atom is -0.369 e. The first-order valence-corrected chi connectivity index (χ1v) is 5.85. The van der Waals surface area contributed by atoms with E-state index < -0.39 is 0 Å². The fourth-order valence-corrected chi connectivity index (χ4v) is 1.92. The van der Waals surface area contributed by atoms with Gasteiger partial charge >= 0.3 is 0 Å². The lowest BCUT2D eigenvalue weighted by molar-refractivity contribution is -0.121. The molecule has 0 aromatic heterocycles. The number of nitrogens with one attached hydrogen (secondary N) is 1. The van der Waals surface area contributed by atoms with Gasteiger partial charge in [0.25, 0.3) is 0 Å². The fourth-order valence-electron chi connectivity index (χ4n) is 1.92. The number of carbonyl (C=O) groups excluding carboxylic acids is 1. The number of carbonyl (C=O) groups is 1. The molecule has 4 heteroatoms. The van der Waals surface area contributed by atoms with Crippen molar-refractivity contribution in [3.8, 4) is 0 Å². The highest BCUT2D eigenvalue weighted by atomic mass is 16.1. The molecule has 88 valence electrons. The third-order valence-electron chi connectivity index (χ3n) is 3.14. The molecule has 2 atom stereocenters. The summed E-state index contributed by atoms with van der Waals surface area (Å²) < 4.78 is 0. The van der Waals surface area contributed by atoms with Gasteiger partial charge in [-0.25, -0.2) is 0 Å². The van der Waals surface area contributed by atoms with Gasteiger partial charge in [0.15, 0.2) is 0 Å². The summed E-state index contributed by atoms with van der Waals surface area (Å²) in [5.41, 5.74) is 5.19. The molecule has 1 amide bonds. The minimum atomic E-state index is -0.226. The maximum atomic E-state index is 10.8. The molecular formula is C11H23N3O. The van der Waals surface area contributed by atoms with E-state index in [1.807, 2.05) is 6.92 Å². The average molecular weight is 213 g/mol. The number of primary amides is 1. The summed E-state index contributed by atoms with van der Waals surface area (Å²) in [4.78, 5) is 13.3. The molecule has 0 aromatic rings. The standard InChI is InChI=1S/C11H23N3O/c1-9(11(12)15)7-13-8-10(2)14-5-3-4-6-14/h9-10,13H,3-8H2,1-2H3,(H2,12,15). The van der Waals surface area contributed by atoms with Crippen LogP contribution >= 0.6 is 0 Å². The van der Waals surface area contributed by atoms with E-state index in [-0.39, 0.29) is 11.8 Å². The van der Waals surface area contributed by atoms with Gasteiger partial charge in [0.05, 0.1) is 0 Å².